The maximum Gasteiger partial charge on any atom is 0.0669 e. The minimum Gasteiger partial charge on any atom is -0.198 e. The third-order valence-electron chi connectivity index (χ3n) is 3.06. The van der Waals surface area contributed by atoms with E-state index >= 15 is 0 Å². The van der Waals surface area contributed by atoms with Gasteiger partial charge in [0, 0.05) is 0 Å². The fraction of sp³-hybridized carbons (Fsp3) is 0.533. The Kier molecular flexibility index (Phi) is 5.64. The Balaban J connectivity index is 2.64. The number of aryl methyl sites for hydroxylation is 2. The van der Waals surface area contributed by atoms with E-state index in [0.717, 1.165) is 6.42 Å². The van der Waals surface area contributed by atoms with Gasteiger partial charge in [0.25, 0.3) is 0 Å². The van der Waals surface area contributed by atoms with Gasteiger partial charge >= 0.3 is 0 Å². The first-order valence-electron chi connectivity index (χ1n) is 6.24. The Hall–Kier alpha value is -1.29. The largest absolute Gasteiger partial charge is 0.198 e. The predicted molar refractivity (Wildman–Crippen MR) is 68.3 cm³/mol. The second-order valence-electron chi connectivity index (χ2n) is 4.36. The SMILES string of the molecule is CCCCCCc1cccc(C)c1CC#N. The average Bonchev–Trinajstić information content (AvgIpc) is 2.29. The zero-order chi connectivity index (χ0) is 11.8. The Morgan fingerprint density at radius 2 is 2.00 bits per heavy atom. The monoisotopic (exact) mass is 215 g/mol. The minimum atomic E-state index is 0.551. The molecule has 1 aromatic carbocycles. The van der Waals surface area contributed by atoms with E-state index in [9.17, 15) is 0 Å². The molecule has 0 radical (unpaired) electrons. The molecule has 0 aliphatic heterocycles. The van der Waals surface area contributed by atoms with E-state index in [-0.39, 0.29) is 0 Å². The van der Waals surface area contributed by atoms with Gasteiger partial charge < -0.3 is 0 Å². The molecule has 0 unspecified atom stereocenters. The summed E-state index contributed by atoms with van der Waals surface area (Å²) >= 11 is 0. The summed E-state index contributed by atoms with van der Waals surface area (Å²) in [6.07, 6.45) is 6.82. The van der Waals surface area contributed by atoms with Crippen LogP contribution in [-0.4, -0.2) is 0 Å². The molecule has 0 aromatic heterocycles. The fourth-order valence-electron chi connectivity index (χ4n) is 2.07. The summed E-state index contributed by atoms with van der Waals surface area (Å²) < 4.78 is 0. The molecule has 0 aliphatic rings. The van der Waals surface area contributed by atoms with Gasteiger partial charge in [-0.2, -0.15) is 5.26 Å². The predicted octanol–water partition coefficient (Wildman–Crippen LogP) is 4.18. The molecule has 1 aromatic rings. The zero-order valence-corrected chi connectivity index (χ0v) is 10.4. The third kappa shape index (κ3) is 3.70. The lowest BCUT2D eigenvalue weighted by Crippen LogP contribution is -1.97. The van der Waals surface area contributed by atoms with Crippen LogP contribution in [0, 0.1) is 18.3 Å². The van der Waals surface area contributed by atoms with E-state index < -0.39 is 0 Å². The Labute approximate surface area is 99.1 Å². The van der Waals surface area contributed by atoms with E-state index in [1.165, 1.54) is 42.4 Å². The molecule has 0 spiro atoms. The number of hydrogen-bond donors (Lipinski definition) is 0. The summed E-state index contributed by atoms with van der Waals surface area (Å²) in [5, 5.41) is 8.83. The third-order valence-corrected chi connectivity index (χ3v) is 3.06. The number of hydrogen-bond acceptors (Lipinski definition) is 1. The molecule has 0 bridgehead atoms. The Morgan fingerprint density at radius 3 is 2.69 bits per heavy atom. The normalized spacial score (nSPS) is 10.1. The van der Waals surface area contributed by atoms with Crippen molar-refractivity contribution in [1.82, 2.24) is 0 Å². The van der Waals surface area contributed by atoms with Crippen LogP contribution in [0.15, 0.2) is 18.2 Å². The van der Waals surface area contributed by atoms with Crippen LogP contribution in [0.25, 0.3) is 0 Å². The van der Waals surface area contributed by atoms with E-state index in [0.29, 0.717) is 6.42 Å². The van der Waals surface area contributed by atoms with Crippen LogP contribution in [0.4, 0.5) is 0 Å². The van der Waals surface area contributed by atoms with Crippen LogP contribution in [0.2, 0.25) is 0 Å². The number of nitrogens with zero attached hydrogens (tertiary/aromatic N) is 1. The summed E-state index contributed by atoms with van der Waals surface area (Å²) in [7, 11) is 0. The molecule has 0 heterocycles. The molecule has 0 atom stereocenters. The molecule has 1 nitrogen and oxygen atoms in total. The second kappa shape index (κ2) is 7.06. The molecular formula is C15H21N. The molecule has 0 fully saturated rings. The maximum absolute atomic E-state index is 8.83. The van der Waals surface area contributed by atoms with Crippen LogP contribution in [0.1, 0.15) is 49.3 Å². The van der Waals surface area contributed by atoms with Crippen LogP contribution < -0.4 is 0 Å². The zero-order valence-electron chi connectivity index (χ0n) is 10.4. The molecule has 16 heavy (non-hydrogen) atoms. The van der Waals surface area contributed by atoms with E-state index in [1.54, 1.807) is 0 Å². The van der Waals surface area contributed by atoms with Gasteiger partial charge in [0.15, 0.2) is 0 Å². The molecule has 86 valence electrons. The van der Waals surface area contributed by atoms with Crippen molar-refractivity contribution in [2.45, 2.75) is 52.4 Å². The highest BCUT2D eigenvalue weighted by molar-refractivity contribution is 5.36. The molecule has 0 amide bonds. The van der Waals surface area contributed by atoms with E-state index in [2.05, 4.69) is 38.1 Å². The van der Waals surface area contributed by atoms with Gasteiger partial charge in [0.2, 0.25) is 0 Å². The van der Waals surface area contributed by atoms with Crippen molar-refractivity contribution in [3.05, 3.63) is 34.9 Å². The maximum atomic E-state index is 8.83. The summed E-state index contributed by atoms with van der Waals surface area (Å²) in [4.78, 5) is 0. The molecule has 0 aliphatic carbocycles. The van der Waals surface area contributed by atoms with Gasteiger partial charge in [-0.25, -0.2) is 0 Å². The topological polar surface area (TPSA) is 23.8 Å². The standard InChI is InChI=1S/C15H21N/c1-3-4-5-6-9-14-10-7-8-13(2)15(14)11-12-16/h7-8,10H,3-6,9,11H2,1-2H3. The van der Waals surface area contributed by atoms with E-state index in [1.807, 2.05) is 0 Å². The van der Waals surface area contributed by atoms with Gasteiger partial charge in [0.1, 0.15) is 0 Å². The van der Waals surface area contributed by atoms with Gasteiger partial charge in [-0.05, 0) is 36.5 Å². The van der Waals surface area contributed by atoms with Crippen molar-refractivity contribution in [3.8, 4) is 6.07 Å². The van der Waals surface area contributed by atoms with Crippen molar-refractivity contribution >= 4 is 0 Å². The summed E-state index contributed by atoms with van der Waals surface area (Å²) in [5.41, 5.74) is 3.88. The van der Waals surface area contributed by atoms with Crippen molar-refractivity contribution in [1.29, 1.82) is 5.26 Å². The Morgan fingerprint density at radius 1 is 1.19 bits per heavy atom. The molecule has 0 saturated heterocycles. The van der Waals surface area contributed by atoms with Crippen molar-refractivity contribution in [2.24, 2.45) is 0 Å². The van der Waals surface area contributed by atoms with Crippen molar-refractivity contribution in [3.63, 3.8) is 0 Å². The molecular weight excluding hydrogens is 194 g/mol. The smallest absolute Gasteiger partial charge is 0.0669 e. The van der Waals surface area contributed by atoms with Gasteiger partial charge in [-0.1, -0.05) is 44.4 Å². The van der Waals surface area contributed by atoms with Gasteiger partial charge in [-0.15, -0.1) is 0 Å². The number of unbranched alkanes of at least 4 members (excludes halogenated alkanes) is 3. The molecule has 0 N–H and O–H groups in total. The van der Waals surface area contributed by atoms with Gasteiger partial charge in [-0.3, -0.25) is 0 Å². The van der Waals surface area contributed by atoms with Gasteiger partial charge in [0.05, 0.1) is 12.5 Å². The van der Waals surface area contributed by atoms with Crippen LogP contribution in [0.5, 0.6) is 0 Å². The Bertz CT molecular complexity index is 360. The fourth-order valence-corrected chi connectivity index (χ4v) is 2.07. The molecule has 1 heteroatoms. The van der Waals surface area contributed by atoms with E-state index in [4.69, 9.17) is 5.26 Å². The molecule has 1 rings (SSSR count). The summed E-state index contributed by atoms with van der Waals surface area (Å²) in [5.74, 6) is 0. The highest BCUT2D eigenvalue weighted by atomic mass is 14.2. The number of nitriles is 1. The van der Waals surface area contributed by atoms with Crippen molar-refractivity contribution in [2.75, 3.05) is 0 Å². The highest BCUT2D eigenvalue weighted by Crippen LogP contribution is 2.17. The van der Waals surface area contributed by atoms with Crippen molar-refractivity contribution < 1.29 is 0 Å². The summed E-state index contributed by atoms with van der Waals surface area (Å²) in [6, 6.07) is 8.64. The first-order chi connectivity index (χ1) is 7.79. The lowest BCUT2D eigenvalue weighted by molar-refractivity contribution is 0.665. The van der Waals surface area contributed by atoms with Crippen LogP contribution >= 0.6 is 0 Å². The average molecular weight is 215 g/mol. The summed E-state index contributed by atoms with van der Waals surface area (Å²) in [6.45, 7) is 4.33. The first kappa shape index (κ1) is 12.8. The quantitative estimate of drug-likeness (QED) is 0.653. The first-order valence-corrected chi connectivity index (χ1v) is 6.24. The number of rotatable bonds is 6. The lowest BCUT2D eigenvalue weighted by Gasteiger charge is -2.09. The van der Waals surface area contributed by atoms with Crippen LogP contribution in [0.3, 0.4) is 0 Å². The number of benzene rings is 1. The molecule has 0 saturated carbocycles. The highest BCUT2D eigenvalue weighted by Gasteiger charge is 2.04. The van der Waals surface area contributed by atoms with Crippen LogP contribution in [-0.2, 0) is 12.8 Å². The minimum absolute atomic E-state index is 0.551. The lowest BCUT2D eigenvalue weighted by atomic mass is 9.95. The second-order valence-corrected chi connectivity index (χ2v) is 4.36.